The number of ether oxygens (including phenoxy) is 5. The number of carbonyl (C=O) groups is 1. The zero-order valence-electron chi connectivity index (χ0n) is 24.9. The topological polar surface area (TPSA) is 97.6 Å². The van der Waals surface area contributed by atoms with Gasteiger partial charge in [-0.05, 0) is 86.9 Å². The second-order valence-electron chi connectivity index (χ2n) is 10.6. The van der Waals surface area contributed by atoms with Gasteiger partial charge in [-0.15, -0.1) is 0 Å². The van der Waals surface area contributed by atoms with E-state index in [1.54, 1.807) is 18.4 Å². The molecule has 0 bridgehead atoms. The molecule has 9 nitrogen and oxygen atoms in total. The smallest absolute Gasteiger partial charge is 0.338 e. The second kappa shape index (κ2) is 12.4. The van der Waals surface area contributed by atoms with Crippen molar-refractivity contribution in [1.82, 2.24) is 4.57 Å². The van der Waals surface area contributed by atoms with Crippen molar-refractivity contribution in [2.45, 2.75) is 46.4 Å². The van der Waals surface area contributed by atoms with E-state index in [0.717, 1.165) is 22.4 Å². The molecule has 1 aromatic heterocycles. The van der Waals surface area contributed by atoms with Crippen LogP contribution in [0.25, 0.3) is 6.08 Å². The van der Waals surface area contributed by atoms with E-state index in [4.69, 9.17) is 23.7 Å². The predicted octanol–water partition coefficient (Wildman–Crippen LogP) is 4.89. The van der Waals surface area contributed by atoms with Crippen LogP contribution in [0, 0.1) is 0 Å². The number of rotatable bonds is 9. The predicted molar refractivity (Wildman–Crippen MR) is 166 cm³/mol. The van der Waals surface area contributed by atoms with Crippen molar-refractivity contribution in [2.75, 3.05) is 13.4 Å². The van der Waals surface area contributed by atoms with Gasteiger partial charge in [-0.2, -0.15) is 0 Å². The average molecular weight is 613 g/mol. The molecule has 44 heavy (non-hydrogen) atoms. The first kappa shape index (κ1) is 29.3. The van der Waals surface area contributed by atoms with E-state index in [1.807, 2.05) is 86.7 Å². The first-order valence-corrected chi connectivity index (χ1v) is 15.2. The quantitative estimate of drug-likeness (QED) is 0.248. The van der Waals surface area contributed by atoms with Crippen molar-refractivity contribution in [1.29, 1.82) is 0 Å². The van der Waals surface area contributed by atoms with Gasteiger partial charge in [0.15, 0.2) is 16.3 Å². The maximum atomic E-state index is 13.9. The van der Waals surface area contributed by atoms with Gasteiger partial charge in [-0.25, -0.2) is 9.79 Å². The molecule has 226 valence electrons. The van der Waals surface area contributed by atoms with Crippen LogP contribution in [0.5, 0.6) is 23.0 Å². The van der Waals surface area contributed by atoms with E-state index in [0.29, 0.717) is 44.5 Å². The Labute approximate surface area is 258 Å². The lowest BCUT2D eigenvalue weighted by Crippen LogP contribution is -2.39. The minimum atomic E-state index is -0.687. The van der Waals surface area contributed by atoms with Crippen LogP contribution >= 0.6 is 11.3 Å². The van der Waals surface area contributed by atoms with E-state index in [2.05, 4.69) is 4.99 Å². The number of hydrogen-bond acceptors (Lipinski definition) is 9. The highest BCUT2D eigenvalue weighted by atomic mass is 32.1. The van der Waals surface area contributed by atoms with E-state index < -0.39 is 12.0 Å². The molecule has 0 fully saturated rings. The zero-order valence-corrected chi connectivity index (χ0v) is 25.7. The molecule has 3 aromatic carbocycles. The summed E-state index contributed by atoms with van der Waals surface area (Å²) in [6.07, 6.45) is 1.84. The molecule has 0 saturated heterocycles. The number of fused-ring (bicyclic) bond motifs is 2. The van der Waals surface area contributed by atoms with Gasteiger partial charge in [-0.1, -0.05) is 41.7 Å². The number of benzene rings is 3. The fraction of sp³-hybridized carbons (Fsp3) is 0.265. The monoisotopic (exact) mass is 612 g/mol. The van der Waals surface area contributed by atoms with Crippen LogP contribution in [0.1, 0.15) is 50.4 Å². The summed E-state index contributed by atoms with van der Waals surface area (Å²) in [7, 11) is 0. The molecule has 10 heteroatoms. The van der Waals surface area contributed by atoms with Crippen LogP contribution < -0.4 is 33.8 Å². The average Bonchev–Trinajstić information content (AvgIpc) is 3.60. The van der Waals surface area contributed by atoms with Crippen LogP contribution in [0.15, 0.2) is 87.8 Å². The Morgan fingerprint density at radius 1 is 1.05 bits per heavy atom. The van der Waals surface area contributed by atoms with Crippen LogP contribution in [-0.2, 0) is 16.1 Å². The Balaban J connectivity index is 1.29. The first-order valence-electron chi connectivity index (χ1n) is 14.4. The van der Waals surface area contributed by atoms with Gasteiger partial charge in [0, 0.05) is 0 Å². The van der Waals surface area contributed by atoms with Gasteiger partial charge in [-0.3, -0.25) is 9.36 Å². The number of allylic oxidation sites excluding steroid dienone is 1. The molecule has 0 saturated carbocycles. The standard InChI is InChI=1S/C34H32N2O7S/c1-5-39-33(38)30-21(4)35-34-36(31(30)24-9-13-26(14-10-24)43-20(2)3)32(37)29(44-34)17-22-6-11-25(12-7-22)40-18-23-8-15-27-28(16-23)42-19-41-27/h6-17,20,31H,5,18-19H2,1-4H3/b29-17-/t31-/m1/s1. The fourth-order valence-corrected chi connectivity index (χ4v) is 6.16. The van der Waals surface area contributed by atoms with Crippen molar-refractivity contribution < 1.29 is 28.5 Å². The molecule has 1 atom stereocenters. The third-order valence-electron chi connectivity index (χ3n) is 7.10. The molecule has 2 aliphatic heterocycles. The third-order valence-corrected chi connectivity index (χ3v) is 8.09. The number of nitrogens with zero attached hydrogens (tertiary/aromatic N) is 2. The summed E-state index contributed by atoms with van der Waals surface area (Å²) in [5, 5.41) is 0. The molecule has 4 aromatic rings. The highest BCUT2D eigenvalue weighted by Gasteiger charge is 2.33. The van der Waals surface area contributed by atoms with Gasteiger partial charge in [0.05, 0.1) is 34.6 Å². The van der Waals surface area contributed by atoms with Gasteiger partial charge >= 0.3 is 5.97 Å². The maximum Gasteiger partial charge on any atom is 0.338 e. The summed E-state index contributed by atoms with van der Waals surface area (Å²) in [5.41, 5.74) is 3.18. The molecule has 0 N–H and O–H groups in total. The van der Waals surface area contributed by atoms with Crippen molar-refractivity contribution in [2.24, 2.45) is 4.99 Å². The summed E-state index contributed by atoms with van der Waals surface area (Å²) < 4.78 is 30.0. The van der Waals surface area contributed by atoms with Gasteiger partial charge < -0.3 is 23.7 Å². The second-order valence-corrected chi connectivity index (χ2v) is 11.6. The number of aromatic nitrogens is 1. The SMILES string of the molecule is CCOC(=O)C1=C(C)N=c2s/c(=C\c3ccc(OCc4ccc5c(c4)OCO5)cc3)c(=O)n2[C@@H]1c1ccc(OC(C)C)cc1. The largest absolute Gasteiger partial charge is 0.491 e. The zero-order chi connectivity index (χ0) is 30.8. The molecule has 0 aliphatic carbocycles. The number of hydrogen-bond donors (Lipinski definition) is 0. The van der Waals surface area contributed by atoms with Crippen LogP contribution in [0.4, 0.5) is 0 Å². The van der Waals surface area contributed by atoms with E-state index in [1.165, 1.54) is 11.3 Å². The first-order chi connectivity index (χ1) is 21.3. The van der Waals surface area contributed by atoms with Crippen LogP contribution in [0.2, 0.25) is 0 Å². The normalized spacial score (nSPS) is 15.7. The van der Waals surface area contributed by atoms with Crippen molar-refractivity contribution in [3.8, 4) is 23.0 Å². The van der Waals surface area contributed by atoms with Crippen molar-refractivity contribution in [3.63, 3.8) is 0 Å². The van der Waals surface area contributed by atoms with E-state index in [-0.39, 0.29) is 25.1 Å². The number of thiazole rings is 1. The third kappa shape index (κ3) is 5.98. The van der Waals surface area contributed by atoms with Crippen LogP contribution in [-0.4, -0.2) is 30.0 Å². The highest BCUT2D eigenvalue weighted by molar-refractivity contribution is 7.07. The molecule has 0 amide bonds. The Bertz CT molecular complexity index is 1900. The van der Waals surface area contributed by atoms with E-state index >= 15 is 0 Å². The van der Waals surface area contributed by atoms with Crippen molar-refractivity contribution >= 4 is 23.4 Å². The molecule has 2 aliphatic rings. The van der Waals surface area contributed by atoms with Gasteiger partial charge in [0.2, 0.25) is 6.79 Å². The van der Waals surface area contributed by atoms with Gasteiger partial charge in [0.1, 0.15) is 18.1 Å². The minimum Gasteiger partial charge on any atom is -0.491 e. The van der Waals surface area contributed by atoms with Crippen molar-refractivity contribution in [3.05, 3.63) is 114 Å². The lowest BCUT2D eigenvalue weighted by atomic mass is 9.96. The molecule has 3 heterocycles. The number of carbonyl (C=O) groups excluding carboxylic acids is 1. The molecular formula is C34H32N2O7S. The maximum absolute atomic E-state index is 13.9. The van der Waals surface area contributed by atoms with Gasteiger partial charge in [0.25, 0.3) is 5.56 Å². The molecule has 0 unspecified atom stereocenters. The Hall–Kier alpha value is -4.83. The summed E-state index contributed by atoms with van der Waals surface area (Å²) in [6.45, 7) is 8.26. The molecule has 6 rings (SSSR count). The minimum absolute atomic E-state index is 0.0199. The summed E-state index contributed by atoms with van der Waals surface area (Å²) in [6, 6.07) is 20.0. The summed E-state index contributed by atoms with van der Waals surface area (Å²) in [5.74, 6) is 2.36. The summed E-state index contributed by atoms with van der Waals surface area (Å²) in [4.78, 5) is 32.2. The Morgan fingerprint density at radius 2 is 1.77 bits per heavy atom. The van der Waals surface area contributed by atoms with Crippen LogP contribution in [0.3, 0.4) is 0 Å². The van der Waals surface area contributed by atoms with E-state index in [9.17, 15) is 9.59 Å². The molecular weight excluding hydrogens is 580 g/mol. The summed E-state index contributed by atoms with van der Waals surface area (Å²) >= 11 is 1.28. The lowest BCUT2D eigenvalue weighted by Gasteiger charge is -2.25. The Morgan fingerprint density at radius 3 is 2.50 bits per heavy atom. The molecule has 0 radical (unpaired) electrons. The number of esters is 1. The highest BCUT2D eigenvalue weighted by Crippen LogP contribution is 2.33. The molecule has 0 spiro atoms. The fourth-order valence-electron chi connectivity index (χ4n) is 5.12. The Kier molecular flexibility index (Phi) is 8.25. The lowest BCUT2D eigenvalue weighted by molar-refractivity contribution is -0.139.